The van der Waals surface area contributed by atoms with E-state index in [9.17, 15) is 0 Å². The summed E-state index contributed by atoms with van der Waals surface area (Å²) in [6.07, 6.45) is 6.46. The molecule has 0 spiro atoms. The van der Waals surface area contributed by atoms with Crippen LogP contribution in [0.1, 0.15) is 17.0 Å². The van der Waals surface area contributed by atoms with Gasteiger partial charge in [-0.1, -0.05) is 10.6 Å². The number of aromatic nitrogens is 2. The van der Waals surface area contributed by atoms with Crippen LogP contribution in [0.2, 0.25) is 0 Å². The number of hydrogen-bond donors (Lipinski definition) is 0. The van der Waals surface area contributed by atoms with E-state index in [-0.39, 0.29) is 0 Å². The van der Waals surface area contributed by atoms with E-state index in [2.05, 4.69) is 21.7 Å². The highest BCUT2D eigenvalue weighted by Crippen LogP contribution is 2.18. The summed E-state index contributed by atoms with van der Waals surface area (Å²) in [6, 6.07) is 0. The van der Waals surface area contributed by atoms with Gasteiger partial charge < -0.3 is 0 Å². The number of hydrogen-bond acceptors (Lipinski definition) is 3. The maximum Gasteiger partial charge on any atom is 0.0831 e. The van der Waals surface area contributed by atoms with E-state index in [0.29, 0.717) is 0 Å². The van der Waals surface area contributed by atoms with Gasteiger partial charge in [-0.3, -0.25) is 0 Å². The zero-order chi connectivity index (χ0) is 6.10. The van der Waals surface area contributed by atoms with Crippen LogP contribution >= 0.6 is 11.5 Å². The van der Waals surface area contributed by atoms with E-state index in [1.807, 2.05) is 0 Å². The van der Waals surface area contributed by atoms with Crippen molar-refractivity contribution in [2.24, 2.45) is 0 Å². The fourth-order valence-corrected chi connectivity index (χ4v) is 1.56. The summed E-state index contributed by atoms with van der Waals surface area (Å²) in [5.74, 6) is 0. The summed E-state index contributed by atoms with van der Waals surface area (Å²) in [7, 11) is 0. The lowest BCUT2D eigenvalue weighted by atomic mass is 10.1. The number of nitrogens with zero attached hydrogens (tertiary/aromatic N) is 2. The van der Waals surface area contributed by atoms with Crippen molar-refractivity contribution in [3.8, 4) is 0 Å². The molecule has 0 saturated heterocycles. The third kappa shape index (κ3) is 0.772. The number of aryl methyl sites for hydroxylation is 1. The second-order valence-corrected chi connectivity index (χ2v) is 2.81. The molecular weight excluding hydrogens is 132 g/mol. The van der Waals surface area contributed by atoms with Crippen LogP contribution in [0.5, 0.6) is 0 Å². The van der Waals surface area contributed by atoms with Crippen molar-refractivity contribution in [3.63, 3.8) is 0 Å². The normalized spacial score (nSPS) is 15.6. The van der Waals surface area contributed by atoms with Gasteiger partial charge >= 0.3 is 0 Å². The Hall–Kier alpha value is -0.700. The van der Waals surface area contributed by atoms with Crippen molar-refractivity contribution in [3.05, 3.63) is 16.6 Å². The molecule has 2 rings (SSSR count). The molecular formula is C6H6N2S. The van der Waals surface area contributed by atoms with Gasteiger partial charge in [0.1, 0.15) is 0 Å². The first-order valence-corrected chi connectivity index (χ1v) is 3.72. The second-order valence-electron chi connectivity index (χ2n) is 2.02. The summed E-state index contributed by atoms with van der Waals surface area (Å²) >= 11 is 1.48. The Labute approximate surface area is 57.4 Å². The van der Waals surface area contributed by atoms with Crippen LogP contribution in [0.25, 0.3) is 6.08 Å². The molecule has 0 unspecified atom stereocenters. The number of fused-ring (bicyclic) bond motifs is 1. The Kier molecular flexibility index (Phi) is 1.09. The standard InChI is InChI=1S/C6H6N2S/c1-2-4-6-5(3-1)7-8-9-6/h2,4H,1,3H2. The van der Waals surface area contributed by atoms with Gasteiger partial charge in [0, 0.05) is 0 Å². The first-order valence-electron chi connectivity index (χ1n) is 2.94. The molecule has 0 saturated carbocycles. The summed E-state index contributed by atoms with van der Waals surface area (Å²) in [4.78, 5) is 1.24. The van der Waals surface area contributed by atoms with Crippen LogP contribution in [0.15, 0.2) is 6.08 Å². The fourth-order valence-electron chi connectivity index (χ4n) is 0.926. The van der Waals surface area contributed by atoms with Gasteiger partial charge in [-0.2, -0.15) is 0 Å². The van der Waals surface area contributed by atoms with Gasteiger partial charge in [0.2, 0.25) is 0 Å². The minimum Gasteiger partial charge on any atom is -0.142 e. The number of allylic oxidation sites excluding steroid dienone is 1. The monoisotopic (exact) mass is 138 g/mol. The van der Waals surface area contributed by atoms with Gasteiger partial charge in [-0.25, -0.2) is 0 Å². The van der Waals surface area contributed by atoms with Gasteiger partial charge in [-0.05, 0) is 30.5 Å². The van der Waals surface area contributed by atoms with E-state index in [1.165, 1.54) is 22.1 Å². The molecule has 0 amide bonds. The topological polar surface area (TPSA) is 25.8 Å². The third-order valence-electron chi connectivity index (χ3n) is 1.40. The molecule has 1 aromatic heterocycles. The fraction of sp³-hybridized carbons (Fsp3) is 0.333. The van der Waals surface area contributed by atoms with E-state index in [0.717, 1.165) is 12.8 Å². The third-order valence-corrected chi connectivity index (χ3v) is 2.13. The van der Waals surface area contributed by atoms with E-state index >= 15 is 0 Å². The molecule has 1 heterocycles. The van der Waals surface area contributed by atoms with Crippen LogP contribution in [-0.2, 0) is 6.42 Å². The second kappa shape index (κ2) is 1.92. The van der Waals surface area contributed by atoms with Crippen molar-refractivity contribution in [1.29, 1.82) is 0 Å². The smallest absolute Gasteiger partial charge is 0.0831 e. The average molecular weight is 138 g/mol. The lowest BCUT2D eigenvalue weighted by Crippen LogP contribution is -1.90. The highest BCUT2D eigenvalue weighted by Gasteiger charge is 2.06. The summed E-state index contributed by atoms with van der Waals surface area (Å²) < 4.78 is 3.84. The number of rotatable bonds is 0. The lowest BCUT2D eigenvalue weighted by Gasteiger charge is -1.97. The van der Waals surface area contributed by atoms with Crippen molar-refractivity contribution in [2.45, 2.75) is 12.8 Å². The molecule has 0 radical (unpaired) electrons. The molecule has 0 N–H and O–H groups in total. The van der Waals surface area contributed by atoms with Crippen molar-refractivity contribution in [2.75, 3.05) is 0 Å². The Morgan fingerprint density at radius 3 is 3.44 bits per heavy atom. The Balaban J connectivity index is 2.53. The van der Waals surface area contributed by atoms with Crippen molar-refractivity contribution < 1.29 is 0 Å². The Morgan fingerprint density at radius 2 is 2.56 bits per heavy atom. The van der Waals surface area contributed by atoms with Crippen molar-refractivity contribution in [1.82, 2.24) is 9.59 Å². The zero-order valence-corrected chi connectivity index (χ0v) is 5.69. The maximum absolute atomic E-state index is 3.97. The van der Waals surface area contributed by atoms with Crippen LogP contribution in [0.3, 0.4) is 0 Å². The molecule has 2 nitrogen and oxygen atoms in total. The highest BCUT2D eigenvalue weighted by molar-refractivity contribution is 7.06. The first-order chi connectivity index (χ1) is 4.47. The average Bonchev–Trinajstić information content (AvgIpc) is 2.33. The van der Waals surface area contributed by atoms with E-state index in [1.54, 1.807) is 0 Å². The molecule has 1 aliphatic rings. The molecule has 3 heteroatoms. The molecule has 1 aromatic rings. The predicted octanol–water partition coefficient (Wildman–Crippen LogP) is 1.50. The molecule has 0 fully saturated rings. The molecule has 0 aromatic carbocycles. The molecule has 0 atom stereocenters. The minimum absolute atomic E-state index is 1.07. The van der Waals surface area contributed by atoms with Gasteiger partial charge in [0.15, 0.2) is 0 Å². The van der Waals surface area contributed by atoms with E-state index < -0.39 is 0 Å². The molecule has 9 heavy (non-hydrogen) atoms. The largest absolute Gasteiger partial charge is 0.142 e. The van der Waals surface area contributed by atoms with Gasteiger partial charge in [0.25, 0.3) is 0 Å². The zero-order valence-electron chi connectivity index (χ0n) is 4.87. The van der Waals surface area contributed by atoms with Crippen LogP contribution < -0.4 is 0 Å². The first kappa shape index (κ1) is 5.11. The van der Waals surface area contributed by atoms with Crippen LogP contribution in [0.4, 0.5) is 0 Å². The lowest BCUT2D eigenvalue weighted by molar-refractivity contribution is 0.911. The Morgan fingerprint density at radius 1 is 1.56 bits per heavy atom. The predicted molar refractivity (Wildman–Crippen MR) is 37.3 cm³/mol. The molecule has 0 bridgehead atoms. The Bertz CT molecular complexity index is 239. The highest BCUT2D eigenvalue weighted by atomic mass is 32.1. The maximum atomic E-state index is 3.97. The van der Waals surface area contributed by atoms with Crippen LogP contribution in [0, 0.1) is 0 Å². The van der Waals surface area contributed by atoms with Gasteiger partial charge in [0.05, 0.1) is 10.6 Å². The molecule has 0 aliphatic heterocycles. The minimum atomic E-state index is 1.07. The van der Waals surface area contributed by atoms with E-state index in [4.69, 9.17) is 0 Å². The molecule has 1 aliphatic carbocycles. The SMILES string of the molecule is C1=Cc2snnc2CC1. The summed E-state index contributed by atoms with van der Waals surface area (Å²) in [5.41, 5.74) is 1.17. The summed E-state index contributed by atoms with van der Waals surface area (Å²) in [5, 5.41) is 3.97. The summed E-state index contributed by atoms with van der Waals surface area (Å²) in [6.45, 7) is 0. The van der Waals surface area contributed by atoms with Crippen LogP contribution in [-0.4, -0.2) is 9.59 Å². The van der Waals surface area contributed by atoms with Gasteiger partial charge in [-0.15, -0.1) is 5.10 Å². The molecule has 46 valence electrons. The van der Waals surface area contributed by atoms with Crippen molar-refractivity contribution >= 4 is 17.6 Å². The quantitative estimate of drug-likeness (QED) is 0.543.